The summed E-state index contributed by atoms with van der Waals surface area (Å²) in [5, 5.41) is 3.04. The zero-order valence-electron chi connectivity index (χ0n) is 11.0. The highest BCUT2D eigenvalue weighted by atomic mass is 19.1. The van der Waals surface area contributed by atoms with Crippen LogP contribution in [-0.4, -0.2) is 11.9 Å². The van der Waals surface area contributed by atoms with Crippen molar-refractivity contribution in [1.29, 1.82) is 0 Å². The second-order valence-electron chi connectivity index (χ2n) is 5.27. The van der Waals surface area contributed by atoms with Gasteiger partial charge in [0.25, 0.3) is 5.91 Å². The first kappa shape index (κ1) is 13.1. The zero-order valence-corrected chi connectivity index (χ0v) is 11.0. The Hall–Kier alpha value is -1.38. The second-order valence-corrected chi connectivity index (χ2v) is 5.27. The molecular weight excluding hydrogens is 229 g/mol. The molecule has 1 N–H and O–H groups in total. The number of nitrogens with one attached hydrogen (secondary N) is 1. The molecule has 0 heterocycles. The number of halogens is 1. The van der Waals surface area contributed by atoms with Crippen molar-refractivity contribution in [2.24, 2.45) is 5.92 Å². The number of amides is 1. The number of carbonyl (C=O) groups is 1. The van der Waals surface area contributed by atoms with Crippen molar-refractivity contribution < 1.29 is 9.18 Å². The largest absolute Gasteiger partial charge is 0.349 e. The normalized spacial score (nSPS) is 17.7. The topological polar surface area (TPSA) is 29.1 Å². The van der Waals surface area contributed by atoms with Gasteiger partial charge in [-0.15, -0.1) is 0 Å². The fraction of sp³-hybridized carbons (Fsp3) is 0.533. The van der Waals surface area contributed by atoms with Crippen LogP contribution in [0.4, 0.5) is 4.39 Å². The summed E-state index contributed by atoms with van der Waals surface area (Å²) >= 11 is 0. The molecule has 1 unspecified atom stereocenters. The summed E-state index contributed by atoms with van der Waals surface area (Å²) in [6.45, 7) is 3.82. The van der Waals surface area contributed by atoms with Gasteiger partial charge in [-0.25, -0.2) is 4.39 Å². The molecule has 1 fully saturated rings. The van der Waals surface area contributed by atoms with Crippen LogP contribution < -0.4 is 5.32 Å². The molecule has 18 heavy (non-hydrogen) atoms. The Morgan fingerprint density at radius 1 is 1.39 bits per heavy atom. The van der Waals surface area contributed by atoms with Gasteiger partial charge in [0.15, 0.2) is 0 Å². The molecule has 1 amide bonds. The fourth-order valence-corrected chi connectivity index (χ4v) is 2.74. The van der Waals surface area contributed by atoms with Gasteiger partial charge in [-0.2, -0.15) is 0 Å². The van der Waals surface area contributed by atoms with E-state index in [1.165, 1.54) is 37.8 Å². The third-order valence-corrected chi connectivity index (χ3v) is 3.90. The molecule has 0 radical (unpaired) electrons. The SMILES string of the molecule is Cc1cc(F)ccc1C(=O)NC(C)C1CCCC1. The highest BCUT2D eigenvalue weighted by molar-refractivity contribution is 5.95. The number of hydrogen-bond donors (Lipinski definition) is 1. The van der Waals surface area contributed by atoms with E-state index in [1.807, 2.05) is 0 Å². The van der Waals surface area contributed by atoms with Gasteiger partial charge in [0.2, 0.25) is 0 Å². The molecule has 1 atom stereocenters. The molecule has 0 bridgehead atoms. The van der Waals surface area contributed by atoms with Gasteiger partial charge in [0.05, 0.1) is 0 Å². The monoisotopic (exact) mass is 249 g/mol. The van der Waals surface area contributed by atoms with Crippen LogP contribution in [0.15, 0.2) is 18.2 Å². The minimum absolute atomic E-state index is 0.0908. The summed E-state index contributed by atoms with van der Waals surface area (Å²) in [6, 6.07) is 4.49. The van der Waals surface area contributed by atoms with Crippen LogP contribution in [0, 0.1) is 18.7 Å². The number of hydrogen-bond acceptors (Lipinski definition) is 1. The van der Waals surface area contributed by atoms with Crippen LogP contribution in [0.3, 0.4) is 0 Å². The molecule has 3 heteroatoms. The maximum absolute atomic E-state index is 13.0. The maximum Gasteiger partial charge on any atom is 0.251 e. The molecule has 2 rings (SSSR count). The molecule has 1 aliphatic rings. The average molecular weight is 249 g/mol. The van der Waals surface area contributed by atoms with Gasteiger partial charge in [0, 0.05) is 11.6 Å². The van der Waals surface area contributed by atoms with Crippen molar-refractivity contribution >= 4 is 5.91 Å². The molecule has 0 spiro atoms. The third kappa shape index (κ3) is 2.89. The van der Waals surface area contributed by atoms with Gasteiger partial charge >= 0.3 is 0 Å². The van der Waals surface area contributed by atoms with Crippen molar-refractivity contribution in [1.82, 2.24) is 5.32 Å². The van der Waals surface area contributed by atoms with E-state index in [0.29, 0.717) is 17.0 Å². The molecule has 0 aliphatic heterocycles. The fourth-order valence-electron chi connectivity index (χ4n) is 2.74. The van der Waals surface area contributed by atoms with E-state index in [1.54, 1.807) is 13.0 Å². The zero-order chi connectivity index (χ0) is 13.1. The molecule has 1 aliphatic carbocycles. The molecule has 0 saturated heterocycles. The number of benzene rings is 1. The third-order valence-electron chi connectivity index (χ3n) is 3.90. The molecule has 1 aromatic rings. The Bertz CT molecular complexity index is 438. The highest BCUT2D eigenvalue weighted by Crippen LogP contribution is 2.27. The van der Waals surface area contributed by atoms with E-state index < -0.39 is 0 Å². The Morgan fingerprint density at radius 3 is 2.67 bits per heavy atom. The van der Waals surface area contributed by atoms with E-state index in [9.17, 15) is 9.18 Å². The molecule has 1 saturated carbocycles. The van der Waals surface area contributed by atoms with E-state index in [2.05, 4.69) is 12.2 Å². The molecular formula is C15H20FNO. The van der Waals surface area contributed by atoms with E-state index in [-0.39, 0.29) is 17.8 Å². The van der Waals surface area contributed by atoms with Gasteiger partial charge < -0.3 is 5.32 Å². The number of aryl methyl sites for hydroxylation is 1. The predicted molar refractivity (Wildman–Crippen MR) is 70.0 cm³/mol. The van der Waals surface area contributed by atoms with Crippen LogP contribution in [0.25, 0.3) is 0 Å². The smallest absolute Gasteiger partial charge is 0.251 e. The summed E-state index contributed by atoms with van der Waals surface area (Å²) in [6.07, 6.45) is 4.93. The molecule has 2 nitrogen and oxygen atoms in total. The lowest BCUT2D eigenvalue weighted by Gasteiger charge is -2.20. The quantitative estimate of drug-likeness (QED) is 0.873. The lowest BCUT2D eigenvalue weighted by molar-refractivity contribution is 0.0926. The van der Waals surface area contributed by atoms with Crippen molar-refractivity contribution in [2.45, 2.75) is 45.6 Å². The Morgan fingerprint density at radius 2 is 2.06 bits per heavy atom. The number of rotatable bonds is 3. The summed E-state index contributed by atoms with van der Waals surface area (Å²) in [5.41, 5.74) is 1.26. The first-order valence-corrected chi connectivity index (χ1v) is 6.65. The Kier molecular flexibility index (Phi) is 4.00. The summed E-state index contributed by atoms with van der Waals surface area (Å²) in [7, 11) is 0. The standard InChI is InChI=1S/C15H20FNO/c1-10-9-13(16)7-8-14(10)15(18)17-11(2)12-5-3-4-6-12/h7-9,11-12H,3-6H2,1-2H3,(H,17,18). The summed E-state index contributed by atoms with van der Waals surface area (Å²) in [5.74, 6) is 0.203. The molecule has 0 aromatic heterocycles. The second kappa shape index (κ2) is 5.51. The predicted octanol–water partition coefficient (Wildman–Crippen LogP) is 3.44. The van der Waals surface area contributed by atoms with Crippen LogP contribution in [0.1, 0.15) is 48.5 Å². The highest BCUT2D eigenvalue weighted by Gasteiger charge is 2.23. The minimum Gasteiger partial charge on any atom is -0.349 e. The minimum atomic E-state index is -0.298. The van der Waals surface area contributed by atoms with Gasteiger partial charge in [-0.3, -0.25) is 4.79 Å². The summed E-state index contributed by atoms with van der Waals surface area (Å²) < 4.78 is 13.0. The molecule has 98 valence electrons. The first-order chi connectivity index (χ1) is 8.58. The van der Waals surface area contributed by atoms with Gasteiger partial charge in [-0.1, -0.05) is 12.8 Å². The van der Waals surface area contributed by atoms with Crippen LogP contribution >= 0.6 is 0 Å². The lowest BCUT2D eigenvalue weighted by atomic mass is 9.99. The summed E-state index contributed by atoms with van der Waals surface area (Å²) in [4.78, 5) is 12.1. The van der Waals surface area contributed by atoms with Gasteiger partial charge in [0.1, 0.15) is 5.82 Å². The van der Waals surface area contributed by atoms with E-state index >= 15 is 0 Å². The van der Waals surface area contributed by atoms with E-state index in [0.717, 1.165) is 0 Å². The van der Waals surface area contributed by atoms with Crippen LogP contribution in [0.5, 0.6) is 0 Å². The Labute approximate surface area is 108 Å². The van der Waals surface area contributed by atoms with Gasteiger partial charge in [-0.05, 0) is 56.4 Å². The van der Waals surface area contributed by atoms with Crippen molar-refractivity contribution in [3.05, 3.63) is 35.1 Å². The van der Waals surface area contributed by atoms with Crippen molar-refractivity contribution in [3.63, 3.8) is 0 Å². The first-order valence-electron chi connectivity index (χ1n) is 6.65. The molecule has 1 aromatic carbocycles. The van der Waals surface area contributed by atoms with E-state index in [4.69, 9.17) is 0 Å². The Balaban J connectivity index is 2.02. The van der Waals surface area contributed by atoms with Crippen molar-refractivity contribution in [2.75, 3.05) is 0 Å². The lowest BCUT2D eigenvalue weighted by Crippen LogP contribution is -2.37. The maximum atomic E-state index is 13.0. The van der Waals surface area contributed by atoms with Crippen LogP contribution in [0.2, 0.25) is 0 Å². The van der Waals surface area contributed by atoms with Crippen molar-refractivity contribution in [3.8, 4) is 0 Å². The van der Waals surface area contributed by atoms with Crippen LogP contribution in [-0.2, 0) is 0 Å². The average Bonchev–Trinajstić information content (AvgIpc) is 2.81. The number of carbonyl (C=O) groups excluding carboxylic acids is 1.